The highest BCUT2D eigenvalue weighted by atomic mass is 16.5. The Balaban J connectivity index is 2.31. The Morgan fingerprint density at radius 2 is 1.88 bits per heavy atom. The molecular weight excluding hydrogens is 418 g/mol. The number of carbonyl (C=O) groups excluding carboxylic acids is 2. The van der Waals surface area contributed by atoms with Gasteiger partial charge in [-0.2, -0.15) is 0 Å². The smallest absolute Gasteiger partial charge is 0.306 e. The lowest BCUT2D eigenvalue weighted by Gasteiger charge is -2.15. The van der Waals surface area contributed by atoms with E-state index in [1.165, 1.54) is 6.07 Å². The zero-order valence-electron chi connectivity index (χ0n) is 18.1. The maximum atomic E-state index is 12.1. The number of hydrogen-bond donors (Lipinski definition) is 5. The van der Waals surface area contributed by atoms with Gasteiger partial charge in [-0.25, -0.2) is 0 Å². The molecule has 32 heavy (non-hydrogen) atoms. The number of carbonyl (C=O) groups is 3. The summed E-state index contributed by atoms with van der Waals surface area (Å²) in [5, 5.41) is 24.1. The van der Waals surface area contributed by atoms with Gasteiger partial charge in [-0.05, 0) is 36.5 Å². The van der Waals surface area contributed by atoms with Crippen molar-refractivity contribution in [1.82, 2.24) is 5.32 Å². The molecule has 0 aromatic heterocycles. The van der Waals surface area contributed by atoms with Crippen LogP contribution < -0.4 is 16.4 Å². The van der Waals surface area contributed by atoms with Gasteiger partial charge in [-0.15, -0.1) is 6.42 Å². The summed E-state index contributed by atoms with van der Waals surface area (Å²) in [6, 6.07) is 4.39. The van der Waals surface area contributed by atoms with E-state index in [2.05, 4.69) is 10.6 Å². The highest BCUT2D eigenvalue weighted by Gasteiger charge is 2.16. The zero-order chi connectivity index (χ0) is 23.9. The Kier molecular flexibility index (Phi) is 12.4. The molecule has 2 atom stereocenters. The lowest BCUT2D eigenvalue weighted by molar-refractivity contribution is -0.141. The fourth-order valence-corrected chi connectivity index (χ4v) is 2.74. The van der Waals surface area contributed by atoms with E-state index in [9.17, 15) is 19.5 Å². The second-order valence-corrected chi connectivity index (χ2v) is 7.21. The summed E-state index contributed by atoms with van der Waals surface area (Å²) in [6.07, 6.45) is 5.72. The van der Waals surface area contributed by atoms with Crippen LogP contribution in [0.1, 0.15) is 25.3 Å². The summed E-state index contributed by atoms with van der Waals surface area (Å²) in [4.78, 5) is 33.9. The predicted molar refractivity (Wildman–Crippen MR) is 118 cm³/mol. The first kappa shape index (κ1) is 26.9. The second kappa shape index (κ2) is 14.8. The minimum atomic E-state index is -0.901. The predicted octanol–water partition coefficient (Wildman–Crippen LogP) is 0.484. The topological polar surface area (TPSA) is 160 Å². The van der Waals surface area contributed by atoms with Crippen molar-refractivity contribution < 1.29 is 34.1 Å². The van der Waals surface area contributed by atoms with Gasteiger partial charge in [0.25, 0.3) is 5.91 Å². The molecular formula is C22H31N3O7. The first-order valence-corrected chi connectivity index (χ1v) is 10.2. The molecule has 1 aromatic rings. The van der Waals surface area contributed by atoms with Gasteiger partial charge in [-0.3, -0.25) is 14.4 Å². The summed E-state index contributed by atoms with van der Waals surface area (Å²) >= 11 is 0. The fraction of sp³-hybridized carbons (Fsp3) is 0.500. The number of ether oxygens (including phenoxy) is 2. The fourth-order valence-electron chi connectivity index (χ4n) is 2.74. The third kappa shape index (κ3) is 11.3. The number of nitrogens with two attached hydrogens (primary N) is 1. The van der Waals surface area contributed by atoms with Crippen LogP contribution in [0.3, 0.4) is 0 Å². The molecule has 0 spiro atoms. The van der Waals surface area contributed by atoms with Crippen molar-refractivity contribution in [3.05, 3.63) is 23.8 Å². The van der Waals surface area contributed by atoms with Gasteiger partial charge < -0.3 is 36.1 Å². The number of amides is 2. The van der Waals surface area contributed by atoms with Gasteiger partial charge in [0.2, 0.25) is 5.91 Å². The summed E-state index contributed by atoms with van der Waals surface area (Å²) in [5.41, 5.74) is 7.05. The number of phenolic OH excluding ortho intramolecular Hbond substituents is 1. The molecule has 0 aliphatic carbocycles. The van der Waals surface area contributed by atoms with Crippen LogP contribution >= 0.6 is 0 Å². The van der Waals surface area contributed by atoms with E-state index < -0.39 is 17.8 Å². The Hall–Kier alpha value is -3.13. The van der Waals surface area contributed by atoms with Crippen LogP contribution in [-0.2, 0) is 30.3 Å². The molecule has 1 rings (SSSR count). The third-order valence-electron chi connectivity index (χ3n) is 4.42. The number of phenols is 1. The minimum Gasteiger partial charge on any atom is -0.506 e. The maximum Gasteiger partial charge on any atom is 0.306 e. The quantitative estimate of drug-likeness (QED) is 0.147. The van der Waals surface area contributed by atoms with E-state index in [0.717, 1.165) is 5.56 Å². The van der Waals surface area contributed by atoms with E-state index in [1.54, 1.807) is 19.1 Å². The van der Waals surface area contributed by atoms with Crippen LogP contribution in [0.25, 0.3) is 0 Å². The molecule has 0 saturated heterocycles. The molecule has 0 aliphatic heterocycles. The Morgan fingerprint density at radius 1 is 1.19 bits per heavy atom. The number of aromatic hydroxyl groups is 1. The van der Waals surface area contributed by atoms with Crippen LogP contribution in [0.5, 0.6) is 5.75 Å². The van der Waals surface area contributed by atoms with E-state index in [4.69, 9.17) is 26.7 Å². The number of aliphatic carboxylic acids is 1. The van der Waals surface area contributed by atoms with Crippen LogP contribution in [-0.4, -0.2) is 67.0 Å². The molecule has 0 saturated carbocycles. The molecule has 0 heterocycles. The van der Waals surface area contributed by atoms with Crippen LogP contribution in [0, 0.1) is 18.3 Å². The van der Waals surface area contributed by atoms with Gasteiger partial charge in [0.15, 0.2) is 0 Å². The first-order valence-electron chi connectivity index (χ1n) is 10.2. The summed E-state index contributed by atoms with van der Waals surface area (Å²) < 4.78 is 10.6. The van der Waals surface area contributed by atoms with E-state index in [-0.39, 0.29) is 43.0 Å². The summed E-state index contributed by atoms with van der Waals surface area (Å²) in [6.45, 7) is 2.95. The van der Waals surface area contributed by atoms with Crippen molar-refractivity contribution in [1.29, 1.82) is 0 Å². The molecule has 0 aliphatic rings. The lowest BCUT2D eigenvalue weighted by Crippen LogP contribution is -2.28. The zero-order valence-corrected chi connectivity index (χ0v) is 18.1. The highest BCUT2D eigenvalue weighted by molar-refractivity contribution is 5.93. The molecule has 6 N–H and O–H groups in total. The van der Waals surface area contributed by atoms with Crippen molar-refractivity contribution in [2.45, 2.75) is 32.2 Å². The summed E-state index contributed by atoms with van der Waals surface area (Å²) in [7, 11) is 0. The molecule has 0 radical (unpaired) electrons. The SMILES string of the molecule is C#CC(=O)NCCOCCOCCC(=O)Nc1cc(C[C@H](N)CC(C)C(=O)O)ccc1O. The molecule has 0 fully saturated rings. The molecule has 2 amide bonds. The summed E-state index contributed by atoms with van der Waals surface area (Å²) in [5.74, 6) is -0.442. The molecule has 0 bridgehead atoms. The normalized spacial score (nSPS) is 12.4. The Labute approximate surface area is 187 Å². The number of rotatable bonds is 15. The Bertz CT molecular complexity index is 807. The van der Waals surface area contributed by atoms with Gasteiger partial charge in [0.1, 0.15) is 5.75 Å². The number of carboxylic acid groups (broad SMARTS) is 1. The number of hydrogen-bond acceptors (Lipinski definition) is 7. The average molecular weight is 450 g/mol. The monoisotopic (exact) mass is 449 g/mol. The van der Waals surface area contributed by atoms with Crippen molar-refractivity contribution >= 4 is 23.5 Å². The van der Waals surface area contributed by atoms with Crippen molar-refractivity contribution in [2.75, 3.05) is 38.3 Å². The second-order valence-electron chi connectivity index (χ2n) is 7.21. The molecule has 1 aromatic carbocycles. The van der Waals surface area contributed by atoms with Crippen molar-refractivity contribution in [3.63, 3.8) is 0 Å². The van der Waals surface area contributed by atoms with E-state index in [0.29, 0.717) is 32.6 Å². The number of carboxylic acids is 1. The number of anilines is 1. The maximum absolute atomic E-state index is 12.1. The molecule has 10 heteroatoms. The third-order valence-corrected chi connectivity index (χ3v) is 4.42. The number of benzene rings is 1. The molecule has 176 valence electrons. The van der Waals surface area contributed by atoms with Crippen LogP contribution in [0.15, 0.2) is 18.2 Å². The standard InChI is InChI=1S/C22H31N3O7/c1-3-20(27)24-7-9-32-11-10-31-8-6-21(28)25-18-14-16(4-5-19(18)26)13-17(23)12-15(2)22(29)30/h1,4-5,14-15,17,26H,6-13,23H2,2H3,(H,24,27)(H,25,28)(H,29,30)/t15?,17-/m1/s1. The van der Waals surface area contributed by atoms with Crippen LogP contribution in [0.4, 0.5) is 5.69 Å². The van der Waals surface area contributed by atoms with E-state index >= 15 is 0 Å². The van der Waals surface area contributed by atoms with Crippen molar-refractivity contribution in [3.8, 4) is 18.1 Å². The molecule has 1 unspecified atom stereocenters. The van der Waals surface area contributed by atoms with Crippen LogP contribution in [0.2, 0.25) is 0 Å². The van der Waals surface area contributed by atoms with Crippen molar-refractivity contribution in [2.24, 2.45) is 11.7 Å². The van der Waals surface area contributed by atoms with Gasteiger partial charge in [0, 0.05) is 12.6 Å². The minimum absolute atomic E-state index is 0.0809. The average Bonchev–Trinajstić information content (AvgIpc) is 2.74. The van der Waals surface area contributed by atoms with Gasteiger partial charge >= 0.3 is 5.97 Å². The first-order chi connectivity index (χ1) is 15.2. The van der Waals surface area contributed by atoms with E-state index in [1.807, 2.05) is 5.92 Å². The largest absolute Gasteiger partial charge is 0.506 e. The Morgan fingerprint density at radius 3 is 2.53 bits per heavy atom. The lowest BCUT2D eigenvalue weighted by atomic mass is 9.96. The highest BCUT2D eigenvalue weighted by Crippen LogP contribution is 2.25. The van der Waals surface area contributed by atoms with Gasteiger partial charge in [-0.1, -0.05) is 13.0 Å². The molecule has 10 nitrogen and oxygen atoms in total. The number of terminal acetylenes is 1. The number of nitrogens with one attached hydrogen (secondary N) is 2. The van der Waals surface area contributed by atoms with Gasteiger partial charge in [0.05, 0.1) is 44.5 Å².